The number of nitrogens with zero attached hydrogens (tertiary/aromatic N) is 2. The third kappa shape index (κ3) is 5.19. The summed E-state index contributed by atoms with van der Waals surface area (Å²) in [4.78, 5) is 32.9. The number of anilines is 3. The van der Waals surface area contributed by atoms with Crippen LogP contribution in [-0.4, -0.2) is 35.3 Å². The number of carbonyl (C=O) groups excluding carboxylic acids is 2. The lowest BCUT2D eigenvalue weighted by Crippen LogP contribution is -2.17. The van der Waals surface area contributed by atoms with Crippen LogP contribution in [0, 0.1) is 0 Å². The quantitative estimate of drug-likeness (QED) is 0.259. The predicted octanol–water partition coefficient (Wildman–Crippen LogP) is 6.06. The summed E-state index contributed by atoms with van der Waals surface area (Å²) in [5.41, 5.74) is 2.45. The molecule has 2 heterocycles. The van der Waals surface area contributed by atoms with Crippen molar-refractivity contribution in [3.63, 3.8) is 0 Å². The van der Waals surface area contributed by atoms with Gasteiger partial charge in [0.2, 0.25) is 5.71 Å². The Morgan fingerprint density at radius 2 is 1.58 bits per heavy atom. The van der Waals surface area contributed by atoms with Crippen LogP contribution in [0.25, 0.3) is 22.1 Å². The number of benzene rings is 3. The Hall–Kier alpha value is -5.13. The summed E-state index contributed by atoms with van der Waals surface area (Å²) in [7, 11) is 1.30. The van der Waals surface area contributed by atoms with E-state index >= 15 is 0 Å². The van der Waals surface area contributed by atoms with Gasteiger partial charge in [0.05, 0.1) is 18.1 Å². The molecule has 0 spiro atoms. The van der Waals surface area contributed by atoms with Crippen LogP contribution >= 0.6 is 0 Å². The molecule has 5 rings (SSSR count). The largest absolute Gasteiger partial charge is 0.573 e. The summed E-state index contributed by atoms with van der Waals surface area (Å²) in [5.74, 6) is -0.979. The van der Waals surface area contributed by atoms with Gasteiger partial charge in [-0.15, -0.1) is 13.2 Å². The number of fused-ring (bicyclic) bond motifs is 3. The topological polar surface area (TPSA) is 116 Å². The van der Waals surface area contributed by atoms with E-state index in [-0.39, 0.29) is 5.56 Å². The first kappa shape index (κ1) is 24.6. The standard InChI is InChI=1S/C26H17F3N4O5/c1-36-25(35)15-4-11-20-19(12-15)21-22(30-13-31-24(21)37-20)32-16-5-7-17(8-6-16)33-23(34)14-2-9-18(10-3-14)38-26(27,28)29/h2-13H,1H3,(H,33,34)(H,30,31,32). The Morgan fingerprint density at radius 1 is 0.895 bits per heavy atom. The maximum Gasteiger partial charge on any atom is 0.573 e. The summed E-state index contributed by atoms with van der Waals surface area (Å²) >= 11 is 0. The molecule has 0 aliphatic rings. The van der Waals surface area contributed by atoms with E-state index in [9.17, 15) is 22.8 Å². The molecular formula is C26H17F3N4O5. The number of hydrogen-bond donors (Lipinski definition) is 2. The van der Waals surface area contributed by atoms with Crippen molar-refractivity contribution >= 4 is 51.1 Å². The molecule has 2 aromatic heterocycles. The van der Waals surface area contributed by atoms with Crippen molar-refractivity contribution in [1.82, 2.24) is 9.97 Å². The normalized spacial score (nSPS) is 11.4. The van der Waals surface area contributed by atoms with Gasteiger partial charge >= 0.3 is 12.3 Å². The molecule has 0 saturated carbocycles. The second-order valence-electron chi connectivity index (χ2n) is 7.94. The van der Waals surface area contributed by atoms with Crippen LogP contribution in [0.2, 0.25) is 0 Å². The lowest BCUT2D eigenvalue weighted by Gasteiger charge is -2.10. The Morgan fingerprint density at radius 3 is 2.26 bits per heavy atom. The molecular weight excluding hydrogens is 505 g/mol. The van der Waals surface area contributed by atoms with Gasteiger partial charge in [-0.2, -0.15) is 0 Å². The lowest BCUT2D eigenvalue weighted by atomic mass is 10.1. The number of nitrogens with one attached hydrogen (secondary N) is 2. The molecule has 9 nitrogen and oxygen atoms in total. The van der Waals surface area contributed by atoms with Gasteiger partial charge in [-0.1, -0.05) is 0 Å². The Kier molecular flexibility index (Phi) is 6.29. The second-order valence-corrected chi connectivity index (χ2v) is 7.94. The average molecular weight is 522 g/mol. The fraction of sp³-hybridized carbons (Fsp3) is 0.0769. The molecule has 0 aliphatic heterocycles. The van der Waals surface area contributed by atoms with E-state index < -0.39 is 24.0 Å². The molecule has 0 fully saturated rings. The number of methoxy groups -OCH3 is 1. The van der Waals surface area contributed by atoms with Crippen molar-refractivity contribution in [2.45, 2.75) is 6.36 Å². The fourth-order valence-corrected chi connectivity index (χ4v) is 3.73. The number of carbonyl (C=O) groups is 2. The van der Waals surface area contributed by atoms with E-state index in [1.54, 1.807) is 42.5 Å². The van der Waals surface area contributed by atoms with Gasteiger partial charge in [-0.25, -0.2) is 14.8 Å². The second kappa shape index (κ2) is 9.73. The summed E-state index contributed by atoms with van der Waals surface area (Å²) < 4.78 is 51.3. The molecule has 12 heteroatoms. The number of halogens is 3. The molecule has 38 heavy (non-hydrogen) atoms. The lowest BCUT2D eigenvalue weighted by molar-refractivity contribution is -0.274. The monoisotopic (exact) mass is 522 g/mol. The van der Waals surface area contributed by atoms with Crippen LogP contribution in [0.1, 0.15) is 20.7 Å². The number of esters is 1. The van der Waals surface area contributed by atoms with Gasteiger partial charge < -0.3 is 24.5 Å². The number of ether oxygens (including phenoxy) is 2. The van der Waals surface area contributed by atoms with Crippen LogP contribution in [0.4, 0.5) is 30.4 Å². The Balaban J connectivity index is 1.33. The zero-order valence-corrected chi connectivity index (χ0v) is 19.5. The van der Waals surface area contributed by atoms with E-state index in [1.807, 2.05) is 0 Å². The number of aromatic nitrogens is 2. The first-order chi connectivity index (χ1) is 18.2. The first-order valence-electron chi connectivity index (χ1n) is 11.0. The van der Waals surface area contributed by atoms with Crippen molar-refractivity contribution in [2.75, 3.05) is 17.7 Å². The molecule has 2 N–H and O–H groups in total. The van der Waals surface area contributed by atoms with E-state index in [1.165, 1.54) is 25.6 Å². The number of furan rings is 1. The van der Waals surface area contributed by atoms with Crippen molar-refractivity contribution in [3.05, 3.63) is 84.2 Å². The molecule has 0 bridgehead atoms. The summed E-state index contributed by atoms with van der Waals surface area (Å²) in [6, 6.07) is 16.2. The smallest absolute Gasteiger partial charge is 0.465 e. The fourth-order valence-electron chi connectivity index (χ4n) is 3.73. The average Bonchev–Trinajstić information content (AvgIpc) is 3.27. The minimum absolute atomic E-state index is 0.156. The number of amides is 1. The highest BCUT2D eigenvalue weighted by molar-refractivity contribution is 6.11. The van der Waals surface area contributed by atoms with E-state index in [0.717, 1.165) is 12.1 Å². The summed E-state index contributed by atoms with van der Waals surface area (Å²) in [5, 5.41) is 7.05. The van der Waals surface area contributed by atoms with Crippen molar-refractivity contribution in [1.29, 1.82) is 0 Å². The third-order valence-electron chi connectivity index (χ3n) is 5.44. The van der Waals surface area contributed by atoms with E-state index in [0.29, 0.717) is 44.8 Å². The van der Waals surface area contributed by atoms with Gasteiger partial charge in [0.25, 0.3) is 5.91 Å². The molecule has 1 amide bonds. The van der Waals surface area contributed by atoms with Gasteiger partial charge in [-0.3, -0.25) is 4.79 Å². The molecule has 192 valence electrons. The Bertz CT molecular complexity index is 1650. The molecule has 3 aromatic carbocycles. The van der Waals surface area contributed by atoms with Crippen LogP contribution < -0.4 is 15.4 Å². The van der Waals surface area contributed by atoms with Crippen LogP contribution in [0.3, 0.4) is 0 Å². The molecule has 0 atom stereocenters. The minimum atomic E-state index is -4.81. The van der Waals surface area contributed by atoms with Gasteiger partial charge in [0.1, 0.15) is 23.5 Å². The molecule has 0 radical (unpaired) electrons. The summed E-state index contributed by atoms with van der Waals surface area (Å²) in [6.45, 7) is 0. The maximum absolute atomic E-state index is 12.5. The van der Waals surface area contributed by atoms with Crippen LogP contribution in [-0.2, 0) is 4.74 Å². The van der Waals surface area contributed by atoms with Gasteiger partial charge in [-0.05, 0) is 66.7 Å². The van der Waals surface area contributed by atoms with Gasteiger partial charge in [0.15, 0.2) is 0 Å². The first-order valence-corrected chi connectivity index (χ1v) is 11.0. The predicted molar refractivity (Wildman–Crippen MR) is 131 cm³/mol. The third-order valence-corrected chi connectivity index (χ3v) is 5.44. The Labute approximate surface area is 212 Å². The molecule has 0 unspecified atom stereocenters. The number of alkyl halides is 3. The van der Waals surface area contributed by atoms with Crippen LogP contribution in [0.15, 0.2) is 77.5 Å². The highest BCUT2D eigenvalue weighted by Crippen LogP contribution is 2.34. The molecule has 0 saturated heterocycles. The number of hydrogen-bond acceptors (Lipinski definition) is 8. The van der Waals surface area contributed by atoms with E-state index in [4.69, 9.17) is 9.15 Å². The number of rotatable bonds is 6. The SMILES string of the molecule is COC(=O)c1ccc2oc3ncnc(Nc4ccc(NC(=O)c5ccc(OC(F)(F)F)cc5)cc4)c3c2c1. The molecule has 5 aromatic rings. The van der Waals surface area contributed by atoms with Crippen molar-refractivity contribution < 1.29 is 36.7 Å². The zero-order valence-electron chi connectivity index (χ0n) is 19.5. The maximum atomic E-state index is 12.5. The zero-order chi connectivity index (χ0) is 26.9. The highest BCUT2D eigenvalue weighted by Gasteiger charge is 2.31. The van der Waals surface area contributed by atoms with Crippen LogP contribution in [0.5, 0.6) is 5.75 Å². The minimum Gasteiger partial charge on any atom is -0.465 e. The highest BCUT2D eigenvalue weighted by atomic mass is 19.4. The van der Waals surface area contributed by atoms with Gasteiger partial charge in [0, 0.05) is 22.3 Å². The molecule has 0 aliphatic carbocycles. The van der Waals surface area contributed by atoms with Crippen molar-refractivity contribution in [2.24, 2.45) is 0 Å². The summed E-state index contributed by atoms with van der Waals surface area (Å²) in [6.07, 6.45) is -3.47. The van der Waals surface area contributed by atoms with E-state index in [2.05, 4.69) is 25.3 Å². The van der Waals surface area contributed by atoms with Crippen molar-refractivity contribution in [3.8, 4) is 5.75 Å².